The molecule has 0 saturated carbocycles. The largest absolute Gasteiger partial charge is 0.479 e. The van der Waals surface area contributed by atoms with Crippen molar-refractivity contribution < 1.29 is 24.9 Å². The minimum absolute atomic E-state index is 0.0256. The molecule has 0 bridgehead atoms. The Morgan fingerprint density at radius 3 is 2.90 bits per heavy atom. The predicted molar refractivity (Wildman–Crippen MR) is 67.9 cm³/mol. The number of aliphatic hydroxyl groups excluding tert-OH is 2. The SMILES string of the molecule is Nc1ncnc2c1ncn2[C@H]1C[C@H](O)[C@](CO)(C(=O)O)O1. The van der Waals surface area contributed by atoms with Gasteiger partial charge in [0.1, 0.15) is 24.2 Å². The maximum atomic E-state index is 11.3. The van der Waals surface area contributed by atoms with Gasteiger partial charge in [0.25, 0.3) is 0 Å². The summed E-state index contributed by atoms with van der Waals surface area (Å²) in [6.07, 6.45) is 0.409. The Bertz CT molecular complexity index is 703. The van der Waals surface area contributed by atoms with E-state index in [1.54, 1.807) is 0 Å². The van der Waals surface area contributed by atoms with Gasteiger partial charge in [0, 0.05) is 6.42 Å². The fourth-order valence-electron chi connectivity index (χ4n) is 2.41. The van der Waals surface area contributed by atoms with Gasteiger partial charge < -0.3 is 25.8 Å². The number of carboxylic acids is 1. The molecule has 0 unspecified atom stereocenters. The zero-order valence-corrected chi connectivity index (χ0v) is 10.7. The molecular formula is C11H13N5O5. The Labute approximate surface area is 117 Å². The van der Waals surface area contributed by atoms with Crippen LogP contribution in [0.4, 0.5) is 5.82 Å². The molecule has 3 atom stereocenters. The first-order valence-corrected chi connectivity index (χ1v) is 6.12. The summed E-state index contributed by atoms with van der Waals surface area (Å²) in [4.78, 5) is 23.2. The van der Waals surface area contributed by atoms with Crippen LogP contribution in [0.1, 0.15) is 12.6 Å². The molecule has 3 heterocycles. The van der Waals surface area contributed by atoms with Crippen LogP contribution >= 0.6 is 0 Å². The molecule has 0 aromatic carbocycles. The maximum Gasteiger partial charge on any atom is 0.341 e. The quantitative estimate of drug-likeness (QED) is 0.529. The number of rotatable bonds is 3. The molecule has 5 N–H and O–H groups in total. The number of aliphatic hydroxyl groups is 2. The summed E-state index contributed by atoms with van der Waals surface area (Å²) in [5, 5.41) is 28.4. The number of carbonyl (C=O) groups is 1. The van der Waals surface area contributed by atoms with E-state index in [0.717, 1.165) is 0 Å². The number of hydrogen-bond donors (Lipinski definition) is 4. The Hall–Kier alpha value is -2.30. The average Bonchev–Trinajstić information content (AvgIpc) is 3.01. The molecule has 1 saturated heterocycles. The standard InChI is InChI=1S/C11H13N5O5/c12-8-7-9(14-3-13-8)16(4-15-7)6-1-5(18)11(2-17,21-6)10(19)20/h3-6,17-18H,1-2H2,(H,19,20)(H2,12,13,14)/t5-,6+,11+/m0/s1. The highest BCUT2D eigenvalue weighted by atomic mass is 16.6. The summed E-state index contributed by atoms with van der Waals surface area (Å²) in [6, 6.07) is 0. The molecule has 1 fully saturated rings. The van der Waals surface area contributed by atoms with Crippen LogP contribution in [0.25, 0.3) is 11.2 Å². The van der Waals surface area contributed by atoms with Crippen LogP contribution in [0, 0.1) is 0 Å². The Balaban J connectivity index is 2.02. The van der Waals surface area contributed by atoms with Crippen molar-refractivity contribution in [3.63, 3.8) is 0 Å². The Morgan fingerprint density at radius 1 is 1.52 bits per heavy atom. The monoisotopic (exact) mass is 295 g/mol. The summed E-state index contributed by atoms with van der Waals surface area (Å²) in [5.74, 6) is -1.25. The van der Waals surface area contributed by atoms with Gasteiger partial charge in [-0.15, -0.1) is 0 Å². The van der Waals surface area contributed by atoms with Crippen molar-refractivity contribution in [1.29, 1.82) is 0 Å². The molecule has 112 valence electrons. The third-order valence-corrected chi connectivity index (χ3v) is 3.60. The van der Waals surface area contributed by atoms with Gasteiger partial charge in [-0.2, -0.15) is 0 Å². The topological polar surface area (TPSA) is 157 Å². The molecular weight excluding hydrogens is 282 g/mol. The fourth-order valence-corrected chi connectivity index (χ4v) is 2.41. The molecule has 3 rings (SSSR count). The van der Waals surface area contributed by atoms with Crippen molar-refractivity contribution in [3.8, 4) is 0 Å². The molecule has 10 nitrogen and oxygen atoms in total. The van der Waals surface area contributed by atoms with E-state index >= 15 is 0 Å². The van der Waals surface area contributed by atoms with Gasteiger partial charge in [0.15, 0.2) is 11.5 Å². The number of aliphatic carboxylic acids is 1. The molecule has 0 aliphatic carbocycles. The van der Waals surface area contributed by atoms with Gasteiger partial charge in [-0.05, 0) is 0 Å². The van der Waals surface area contributed by atoms with Crippen LogP contribution < -0.4 is 5.73 Å². The number of hydrogen-bond acceptors (Lipinski definition) is 8. The van der Waals surface area contributed by atoms with Crippen molar-refractivity contribution in [2.75, 3.05) is 12.3 Å². The summed E-state index contributed by atoms with van der Waals surface area (Å²) in [6.45, 7) is -0.843. The number of aromatic nitrogens is 4. The van der Waals surface area contributed by atoms with E-state index < -0.39 is 30.5 Å². The van der Waals surface area contributed by atoms with Gasteiger partial charge >= 0.3 is 5.97 Å². The zero-order chi connectivity index (χ0) is 15.2. The minimum atomic E-state index is -2.06. The Morgan fingerprint density at radius 2 is 2.29 bits per heavy atom. The van der Waals surface area contributed by atoms with Crippen molar-refractivity contribution in [3.05, 3.63) is 12.7 Å². The van der Waals surface area contributed by atoms with Crippen LogP contribution in [0.15, 0.2) is 12.7 Å². The molecule has 0 spiro atoms. The van der Waals surface area contributed by atoms with E-state index in [2.05, 4.69) is 15.0 Å². The highest BCUT2D eigenvalue weighted by molar-refractivity contribution is 5.81. The number of nitrogens with two attached hydrogens (primary N) is 1. The lowest BCUT2D eigenvalue weighted by molar-refractivity contribution is -0.183. The van der Waals surface area contributed by atoms with Gasteiger partial charge in [0.2, 0.25) is 5.60 Å². The second kappa shape index (κ2) is 4.62. The minimum Gasteiger partial charge on any atom is -0.479 e. The van der Waals surface area contributed by atoms with Crippen molar-refractivity contribution >= 4 is 23.0 Å². The smallest absolute Gasteiger partial charge is 0.341 e. The van der Waals surface area contributed by atoms with Gasteiger partial charge in [-0.25, -0.2) is 19.7 Å². The lowest BCUT2D eigenvalue weighted by Gasteiger charge is -2.24. The van der Waals surface area contributed by atoms with Crippen molar-refractivity contribution in [2.45, 2.75) is 24.4 Å². The van der Waals surface area contributed by atoms with Crippen LogP contribution in [-0.2, 0) is 9.53 Å². The van der Waals surface area contributed by atoms with E-state index in [4.69, 9.17) is 10.5 Å². The summed E-state index contributed by atoms with van der Waals surface area (Å²) >= 11 is 0. The molecule has 10 heteroatoms. The van der Waals surface area contributed by atoms with Crippen molar-refractivity contribution in [2.24, 2.45) is 0 Å². The van der Waals surface area contributed by atoms with E-state index in [9.17, 15) is 20.1 Å². The van der Waals surface area contributed by atoms with E-state index in [-0.39, 0.29) is 12.2 Å². The molecule has 2 aromatic heterocycles. The average molecular weight is 295 g/mol. The van der Waals surface area contributed by atoms with Crippen LogP contribution in [0.3, 0.4) is 0 Å². The van der Waals surface area contributed by atoms with Crippen molar-refractivity contribution in [1.82, 2.24) is 19.5 Å². The first-order valence-electron chi connectivity index (χ1n) is 6.12. The van der Waals surface area contributed by atoms with Gasteiger partial charge in [-0.1, -0.05) is 0 Å². The van der Waals surface area contributed by atoms with Crippen LogP contribution in [0.5, 0.6) is 0 Å². The number of carboxylic acid groups (broad SMARTS) is 1. The molecule has 21 heavy (non-hydrogen) atoms. The van der Waals surface area contributed by atoms with E-state index in [0.29, 0.717) is 11.2 Å². The maximum absolute atomic E-state index is 11.3. The van der Waals surface area contributed by atoms with E-state index in [1.807, 2.05) is 0 Å². The second-order valence-corrected chi connectivity index (χ2v) is 4.76. The Kier molecular flexibility index (Phi) is 3.01. The second-order valence-electron chi connectivity index (χ2n) is 4.76. The van der Waals surface area contributed by atoms with Crippen LogP contribution in [-0.4, -0.2) is 59.1 Å². The fraction of sp³-hybridized carbons (Fsp3) is 0.455. The first kappa shape index (κ1) is 13.7. The van der Waals surface area contributed by atoms with Gasteiger partial charge in [0.05, 0.1) is 12.9 Å². The number of nitrogens with zero attached hydrogens (tertiary/aromatic N) is 4. The summed E-state index contributed by atoms with van der Waals surface area (Å²) < 4.78 is 6.84. The summed E-state index contributed by atoms with van der Waals surface area (Å²) in [5.41, 5.74) is 4.33. The van der Waals surface area contributed by atoms with Crippen LogP contribution in [0.2, 0.25) is 0 Å². The normalized spacial score (nSPS) is 29.0. The molecule has 1 aliphatic rings. The molecule has 2 aromatic rings. The third kappa shape index (κ3) is 1.84. The number of anilines is 1. The highest BCUT2D eigenvalue weighted by Crippen LogP contribution is 2.38. The number of fused-ring (bicyclic) bond motifs is 1. The molecule has 0 radical (unpaired) electrons. The highest BCUT2D eigenvalue weighted by Gasteiger charge is 2.54. The zero-order valence-electron chi connectivity index (χ0n) is 10.7. The molecule has 0 amide bonds. The van der Waals surface area contributed by atoms with E-state index in [1.165, 1.54) is 17.2 Å². The molecule has 1 aliphatic heterocycles. The number of ether oxygens (including phenoxy) is 1. The number of imidazole rings is 1. The lowest BCUT2D eigenvalue weighted by Crippen LogP contribution is -2.50. The van der Waals surface area contributed by atoms with Gasteiger partial charge in [-0.3, -0.25) is 4.57 Å². The summed E-state index contributed by atoms with van der Waals surface area (Å²) in [7, 11) is 0. The third-order valence-electron chi connectivity index (χ3n) is 3.60. The number of nitrogen functional groups attached to an aromatic ring is 1. The lowest BCUT2D eigenvalue weighted by atomic mass is 9.98. The predicted octanol–water partition coefficient (Wildman–Crippen LogP) is -1.50. The first-order chi connectivity index (χ1) is 9.99.